The molecule has 0 aliphatic heterocycles. The van der Waals surface area contributed by atoms with Crippen LogP contribution in [0.1, 0.15) is 22.0 Å². The third kappa shape index (κ3) is 3.58. The van der Waals surface area contributed by atoms with E-state index in [9.17, 15) is 9.90 Å². The molecule has 122 valence electrons. The van der Waals surface area contributed by atoms with Crippen LogP contribution in [0.4, 0.5) is 0 Å². The van der Waals surface area contributed by atoms with Gasteiger partial charge in [0, 0.05) is 28.9 Å². The van der Waals surface area contributed by atoms with Crippen LogP contribution >= 0.6 is 11.6 Å². The van der Waals surface area contributed by atoms with Gasteiger partial charge in [-0.25, -0.2) is 14.6 Å². The Balaban J connectivity index is 1.67. The van der Waals surface area contributed by atoms with Crippen LogP contribution in [0.5, 0.6) is 0 Å². The SMILES string of the molecule is O=C(NCC(O)c1ccccc1Cl)c1ccnc(-n2cncn2)c1. The zero-order valence-corrected chi connectivity index (χ0v) is 13.3. The Morgan fingerprint density at radius 2 is 2.17 bits per heavy atom. The van der Waals surface area contributed by atoms with Gasteiger partial charge in [0.15, 0.2) is 5.82 Å². The number of aromatic nitrogens is 4. The average molecular weight is 344 g/mol. The van der Waals surface area contributed by atoms with E-state index in [2.05, 4.69) is 20.4 Å². The summed E-state index contributed by atoms with van der Waals surface area (Å²) in [5.74, 6) is 0.150. The molecule has 0 bridgehead atoms. The van der Waals surface area contributed by atoms with Crippen molar-refractivity contribution < 1.29 is 9.90 Å². The zero-order valence-electron chi connectivity index (χ0n) is 12.5. The molecule has 0 saturated heterocycles. The van der Waals surface area contributed by atoms with Gasteiger partial charge in [-0.2, -0.15) is 5.10 Å². The largest absolute Gasteiger partial charge is 0.387 e. The Bertz CT molecular complexity index is 838. The van der Waals surface area contributed by atoms with Crippen molar-refractivity contribution in [1.29, 1.82) is 0 Å². The third-order valence-corrected chi connectivity index (χ3v) is 3.73. The van der Waals surface area contributed by atoms with Gasteiger partial charge in [0.2, 0.25) is 0 Å². The lowest BCUT2D eigenvalue weighted by molar-refractivity contribution is 0.0916. The number of carbonyl (C=O) groups excluding carboxylic acids is 1. The maximum absolute atomic E-state index is 12.3. The summed E-state index contributed by atoms with van der Waals surface area (Å²) in [6.07, 6.45) is 3.50. The van der Waals surface area contributed by atoms with Gasteiger partial charge < -0.3 is 10.4 Å². The quantitative estimate of drug-likeness (QED) is 0.736. The van der Waals surface area contributed by atoms with E-state index in [0.717, 1.165) is 0 Å². The Hall–Kier alpha value is -2.77. The van der Waals surface area contributed by atoms with Crippen molar-refractivity contribution in [1.82, 2.24) is 25.1 Å². The highest BCUT2D eigenvalue weighted by Crippen LogP contribution is 2.21. The first-order valence-corrected chi connectivity index (χ1v) is 7.54. The van der Waals surface area contributed by atoms with Gasteiger partial charge in [0.25, 0.3) is 5.91 Å². The lowest BCUT2D eigenvalue weighted by atomic mass is 10.1. The van der Waals surface area contributed by atoms with Crippen molar-refractivity contribution in [3.05, 3.63) is 71.4 Å². The average Bonchev–Trinajstić information content (AvgIpc) is 3.14. The van der Waals surface area contributed by atoms with E-state index in [1.807, 2.05) is 0 Å². The summed E-state index contributed by atoms with van der Waals surface area (Å²) in [4.78, 5) is 20.2. The topological polar surface area (TPSA) is 92.9 Å². The first kappa shape index (κ1) is 16.1. The van der Waals surface area contributed by atoms with Crippen molar-refractivity contribution >= 4 is 17.5 Å². The molecule has 0 fully saturated rings. The van der Waals surface area contributed by atoms with E-state index in [0.29, 0.717) is 22.0 Å². The van der Waals surface area contributed by atoms with E-state index in [4.69, 9.17) is 11.6 Å². The molecular formula is C16H14ClN5O2. The number of nitrogens with zero attached hydrogens (tertiary/aromatic N) is 4. The monoisotopic (exact) mass is 343 g/mol. The Morgan fingerprint density at radius 3 is 2.92 bits per heavy atom. The minimum atomic E-state index is -0.890. The molecule has 2 aromatic heterocycles. The molecule has 2 heterocycles. The number of hydrogen-bond acceptors (Lipinski definition) is 5. The Labute approximate surface area is 142 Å². The number of halogens is 1. The lowest BCUT2D eigenvalue weighted by Crippen LogP contribution is -2.28. The summed E-state index contributed by atoms with van der Waals surface area (Å²) in [6.45, 7) is 0.0452. The predicted octanol–water partition coefficient (Wildman–Crippen LogP) is 1.78. The fraction of sp³-hybridized carbons (Fsp3) is 0.125. The van der Waals surface area contributed by atoms with Crippen molar-refractivity contribution in [2.75, 3.05) is 6.54 Å². The van der Waals surface area contributed by atoms with Crippen LogP contribution in [0.3, 0.4) is 0 Å². The summed E-state index contributed by atoms with van der Waals surface area (Å²) < 4.78 is 1.45. The molecule has 0 aliphatic carbocycles. The molecular weight excluding hydrogens is 330 g/mol. The van der Waals surface area contributed by atoms with Crippen LogP contribution in [-0.2, 0) is 0 Å². The molecule has 24 heavy (non-hydrogen) atoms. The number of pyridine rings is 1. The second kappa shape index (κ2) is 7.20. The summed E-state index contributed by atoms with van der Waals surface area (Å²) >= 11 is 6.03. The summed E-state index contributed by atoms with van der Waals surface area (Å²) in [7, 11) is 0. The minimum Gasteiger partial charge on any atom is -0.387 e. The van der Waals surface area contributed by atoms with Crippen molar-refractivity contribution in [2.45, 2.75) is 6.10 Å². The predicted molar refractivity (Wildman–Crippen MR) is 87.9 cm³/mol. The second-order valence-electron chi connectivity index (χ2n) is 4.99. The van der Waals surface area contributed by atoms with Crippen LogP contribution in [0.15, 0.2) is 55.2 Å². The van der Waals surface area contributed by atoms with Gasteiger partial charge in [-0.3, -0.25) is 4.79 Å². The number of carbonyl (C=O) groups is 1. The Kier molecular flexibility index (Phi) is 4.83. The van der Waals surface area contributed by atoms with Crippen molar-refractivity contribution in [2.24, 2.45) is 0 Å². The van der Waals surface area contributed by atoms with E-state index in [-0.39, 0.29) is 12.5 Å². The first-order valence-electron chi connectivity index (χ1n) is 7.17. The van der Waals surface area contributed by atoms with E-state index in [1.54, 1.807) is 36.4 Å². The molecule has 3 aromatic rings. The van der Waals surface area contributed by atoms with Gasteiger partial charge in [-0.1, -0.05) is 29.8 Å². The Morgan fingerprint density at radius 1 is 1.33 bits per heavy atom. The highest BCUT2D eigenvalue weighted by Gasteiger charge is 2.14. The molecule has 2 N–H and O–H groups in total. The van der Waals surface area contributed by atoms with Crippen molar-refractivity contribution in [3.63, 3.8) is 0 Å². The van der Waals surface area contributed by atoms with Crippen LogP contribution < -0.4 is 5.32 Å². The number of hydrogen-bond donors (Lipinski definition) is 2. The highest BCUT2D eigenvalue weighted by atomic mass is 35.5. The molecule has 0 spiro atoms. The van der Waals surface area contributed by atoms with Crippen LogP contribution in [0.2, 0.25) is 5.02 Å². The number of benzene rings is 1. The molecule has 0 saturated carbocycles. The number of nitrogens with one attached hydrogen (secondary N) is 1. The molecule has 1 aromatic carbocycles. The standard InChI is InChI=1S/C16H14ClN5O2/c17-13-4-2-1-3-12(13)14(23)8-20-16(24)11-5-6-19-15(7-11)22-10-18-9-21-22/h1-7,9-10,14,23H,8H2,(H,20,24). The van der Waals surface area contributed by atoms with Gasteiger partial charge in [-0.15, -0.1) is 0 Å². The number of aliphatic hydroxyl groups is 1. The summed E-state index contributed by atoms with van der Waals surface area (Å²) in [5.41, 5.74) is 0.972. The maximum Gasteiger partial charge on any atom is 0.251 e. The summed E-state index contributed by atoms with van der Waals surface area (Å²) in [6, 6.07) is 10.1. The molecule has 1 atom stereocenters. The van der Waals surface area contributed by atoms with Gasteiger partial charge in [0.1, 0.15) is 12.7 Å². The smallest absolute Gasteiger partial charge is 0.251 e. The first-order chi connectivity index (χ1) is 11.6. The van der Waals surface area contributed by atoms with E-state index in [1.165, 1.54) is 23.5 Å². The molecule has 8 heteroatoms. The van der Waals surface area contributed by atoms with Crippen molar-refractivity contribution in [3.8, 4) is 5.82 Å². The molecule has 3 rings (SSSR count). The third-order valence-electron chi connectivity index (χ3n) is 3.38. The van der Waals surface area contributed by atoms with Gasteiger partial charge in [0.05, 0.1) is 6.10 Å². The van der Waals surface area contributed by atoms with E-state index >= 15 is 0 Å². The van der Waals surface area contributed by atoms with E-state index < -0.39 is 6.10 Å². The maximum atomic E-state index is 12.3. The molecule has 7 nitrogen and oxygen atoms in total. The normalized spacial score (nSPS) is 11.9. The highest BCUT2D eigenvalue weighted by molar-refractivity contribution is 6.31. The minimum absolute atomic E-state index is 0.0452. The van der Waals surface area contributed by atoms with Crippen LogP contribution in [-0.4, -0.2) is 37.3 Å². The summed E-state index contributed by atoms with van der Waals surface area (Å²) in [5, 5.41) is 17.3. The number of aliphatic hydroxyl groups excluding tert-OH is 1. The molecule has 0 radical (unpaired) electrons. The van der Waals surface area contributed by atoms with Crippen LogP contribution in [0.25, 0.3) is 5.82 Å². The fourth-order valence-corrected chi connectivity index (χ4v) is 2.42. The lowest BCUT2D eigenvalue weighted by Gasteiger charge is -2.13. The van der Waals surface area contributed by atoms with Crippen LogP contribution in [0, 0.1) is 0 Å². The second-order valence-corrected chi connectivity index (χ2v) is 5.40. The van der Waals surface area contributed by atoms with Gasteiger partial charge in [-0.05, 0) is 18.2 Å². The zero-order chi connectivity index (χ0) is 16.9. The molecule has 1 unspecified atom stereocenters. The molecule has 1 amide bonds. The number of rotatable bonds is 5. The van der Waals surface area contributed by atoms with Gasteiger partial charge >= 0.3 is 0 Å². The fourth-order valence-electron chi connectivity index (χ4n) is 2.16. The number of amides is 1. The molecule has 0 aliphatic rings.